The smallest absolute Gasteiger partial charge is 0.0656 e. The fourth-order valence-corrected chi connectivity index (χ4v) is 2.74. The Morgan fingerprint density at radius 2 is 1.86 bits per heavy atom. The summed E-state index contributed by atoms with van der Waals surface area (Å²) >= 11 is 18.2. The molecule has 1 N–H and O–H groups in total. The standard InChI is InChI=1S/C10H10Cl3N/c1-10(2)4-14-9-6(12)3-5(11)8(13)7(9)10/h3,14H,4H2,1-2H3. The zero-order valence-corrected chi connectivity index (χ0v) is 10.2. The first kappa shape index (κ1) is 10.4. The van der Waals surface area contributed by atoms with Crippen molar-refractivity contribution < 1.29 is 0 Å². The summed E-state index contributed by atoms with van der Waals surface area (Å²) < 4.78 is 0. The Morgan fingerprint density at radius 1 is 1.21 bits per heavy atom. The van der Waals surface area contributed by atoms with Gasteiger partial charge in [0.2, 0.25) is 0 Å². The predicted octanol–water partition coefficient (Wildman–Crippen LogP) is 4.35. The van der Waals surface area contributed by atoms with Gasteiger partial charge in [-0.1, -0.05) is 48.7 Å². The number of halogens is 3. The Hall–Kier alpha value is -0.110. The number of benzene rings is 1. The molecule has 1 nitrogen and oxygen atoms in total. The van der Waals surface area contributed by atoms with E-state index >= 15 is 0 Å². The second-order valence-electron chi connectivity index (χ2n) is 4.14. The molecule has 0 aliphatic carbocycles. The zero-order chi connectivity index (χ0) is 10.5. The van der Waals surface area contributed by atoms with E-state index in [0.717, 1.165) is 17.8 Å². The van der Waals surface area contributed by atoms with Gasteiger partial charge in [0.05, 0.1) is 20.8 Å². The van der Waals surface area contributed by atoms with E-state index in [4.69, 9.17) is 34.8 Å². The number of nitrogens with one attached hydrogen (secondary N) is 1. The average molecular weight is 251 g/mol. The molecule has 0 bridgehead atoms. The first-order chi connectivity index (χ1) is 6.43. The lowest BCUT2D eigenvalue weighted by Gasteiger charge is -2.19. The third-order valence-electron chi connectivity index (χ3n) is 2.56. The molecule has 0 aromatic heterocycles. The molecule has 0 unspecified atom stereocenters. The summed E-state index contributed by atoms with van der Waals surface area (Å²) in [5.41, 5.74) is 1.93. The van der Waals surface area contributed by atoms with Gasteiger partial charge in [-0.15, -0.1) is 0 Å². The molecule has 2 rings (SSSR count). The summed E-state index contributed by atoms with van der Waals surface area (Å²) in [7, 11) is 0. The van der Waals surface area contributed by atoms with Crippen LogP contribution < -0.4 is 5.32 Å². The molecule has 0 atom stereocenters. The van der Waals surface area contributed by atoms with Gasteiger partial charge in [0.1, 0.15) is 0 Å². The van der Waals surface area contributed by atoms with Crippen LogP contribution in [-0.4, -0.2) is 6.54 Å². The minimum absolute atomic E-state index is 0.0129. The summed E-state index contributed by atoms with van der Waals surface area (Å²) in [5.74, 6) is 0. The molecule has 0 amide bonds. The molecular formula is C10H10Cl3N. The molecule has 1 heterocycles. The molecule has 0 fully saturated rings. The third kappa shape index (κ3) is 1.39. The predicted molar refractivity (Wildman–Crippen MR) is 63.0 cm³/mol. The molecule has 0 saturated carbocycles. The fourth-order valence-electron chi connectivity index (χ4n) is 1.80. The van der Waals surface area contributed by atoms with Crippen LogP contribution in [0.1, 0.15) is 19.4 Å². The minimum Gasteiger partial charge on any atom is -0.383 e. The summed E-state index contributed by atoms with van der Waals surface area (Å²) in [6.07, 6.45) is 0. The largest absolute Gasteiger partial charge is 0.383 e. The van der Waals surface area contributed by atoms with E-state index in [0.29, 0.717) is 15.1 Å². The van der Waals surface area contributed by atoms with Gasteiger partial charge in [0, 0.05) is 17.5 Å². The van der Waals surface area contributed by atoms with Crippen LogP contribution in [0.5, 0.6) is 0 Å². The van der Waals surface area contributed by atoms with Crippen molar-refractivity contribution in [2.75, 3.05) is 11.9 Å². The van der Waals surface area contributed by atoms with E-state index in [1.54, 1.807) is 6.07 Å². The van der Waals surface area contributed by atoms with E-state index in [1.165, 1.54) is 0 Å². The number of anilines is 1. The van der Waals surface area contributed by atoms with Gasteiger partial charge < -0.3 is 5.32 Å². The lowest BCUT2D eigenvalue weighted by Crippen LogP contribution is -2.19. The Kier molecular flexibility index (Phi) is 2.37. The van der Waals surface area contributed by atoms with Crippen LogP contribution in [0.4, 0.5) is 5.69 Å². The van der Waals surface area contributed by atoms with E-state index in [2.05, 4.69) is 19.2 Å². The van der Waals surface area contributed by atoms with Crippen molar-refractivity contribution in [2.45, 2.75) is 19.3 Å². The summed E-state index contributed by atoms with van der Waals surface area (Å²) in [5, 5.41) is 5.02. The molecule has 76 valence electrons. The highest BCUT2D eigenvalue weighted by molar-refractivity contribution is 6.44. The highest BCUT2D eigenvalue weighted by Crippen LogP contribution is 2.47. The topological polar surface area (TPSA) is 12.0 Å². The van der Waals surface area contributed by atoms with Gasteiger partial charge in [-0.2, -0.15) is 0 Å². The van der Waals surface area contributed by atoms with Crippen LogP contribution >= 0.6 is 34.8 Å². The average Bonchev–Trinajstić information content (AvgIpc) is 2.38. The Balaban J connectivity index is 2.75. The maximum atomic E-state index is 6.16. The molecule has 0 radical (unpaired) electrons. The molecule has 1 aromatic carbocycles. The van der Waals surface area contributed by atoms with Crippen LogP contribution in [-0.2, 0) is 5.41 Å². The lowest BCUT2D eigenvalue weighted by molar-refractivity contribution is 0.586. The second kappa shape index (κ2) is 3.19. The molecule has 0 saturated heterocycles. The van der Waals surface area contributed by atoms with Crippen molar-refractivity contribution in [2.24, 2.45) is 0 Å². The molecular weight excluding hydrogens is 240 g/mol. The molecule has 1 aliphatic rings. The van der Waals surface area contributed by atoms with Gasteiger partial charge in [-0.25, -0.2) is 0 Å². The highest BCUT2D eigenvalue weighted by atomic mass is 35.5. The quantitative estimate of drug-likeness (QED) is 0.675. The van der Waals surface area contributed by atoms with Crippen molar-refractivity contribution in [3.63, 3.8) is 0 Å². The van der Waals surface area contributed by atoms with Gasteiger partial charge in [0.15, 0.2) is 0 Å². The van der Waals surface area contributed by atoms with Gasteiger partial charge in [-0.3, -0.25) is 0 Å². The van der Waals surface area contributed by atoms with Crippen molar-refractivity contribution in [1.82, 2.24) is 0 Å². The maximum Gasteiger partial charge on any atom is 0.0656 e. The van der Waals surface area contributed by atoms with E-state index in [9.17, 15) is 0 Å². The summed E-state index contributed by atoms with van der Waals surface area (Å²) in [4.78, 5) is 0. The number of hydrogen-bond donors (Lipinski definition) is 1. The third-order valence-corrected chi connectivity index (χ3v) is 3.64. The molecule has 14 heavy (non-hydrogen) atoms. The van der Waals surface area contributed by atoms with Crippen molar-refractivity contribution in [1.29, 1.82) is 0 Å². The molecule has 4 heteroatoms. The first-order valence-corrected chi connectivity index (χ1v) is 5.49. The molecule has 1 aliphatic heterocycles. The minimum atomic E-state index is -0.0129. The Morgan fingerprint density at radius 3 is 2.50 bits per heavy atom. The monoisotopic (exact) mass is 249 g/mol. The highest BCUT2D eigenvalue weighted by Gasteiger charge is 2.34. The molecule has 0 spiro atoms. The van der Waals surface area contributed by atoms with Crippen LogP contribution in [0.3, 0.4) is 0 Å². The lowest BCUT2D eigenvalue weighted by atomic mass is 9.87. The SMILES string of the molecule is CC1(C)CNc2c(Cl)cc(Cl)c(Cl)c21. The summed E-state index contributed by atoms with van der Waals surface area (Å²) in [6, 6.07) is 1.68. The number of hydrogen-bond acceptors (Lipinski definition) is 1. The van der Waals surface area contributed by atoms with Crippen molar-refractivity contribution in [3.8, 4) is 0 Å². The van der Waals surface area contributed by atoms with E-state index in [-0.39, 0.29) is 5.41 Å². The van der Waals surface area contributed by atoms with Gasteiger partial charge in [0.25, 0.3) is 0 Å². The maximum absolute atomic E-state index is 6.16. The fraction of sp³-hybridized carbons (Fsp3) is 0.400. The number of rotatable bonds is 0. The Bertz CT molecular complexity index is 399. The second-order valence-corrected chi connectivity index (χ2v) is 5.33. The van der Waals surface area contributed by atoms with Crippen LogP contribution in [0, 0.1) is 0 Å². The van der Waals surface area contributed by atoms with Crippen molar-refractivity contribution >= 4 is 40.5 Å². The molecule has 1 aromatic rings. The van der Waals surface area contributed by atoms with Crippen LogP contribution in [0.2, 0.25) is 15.1 Å². The first-order valence-electron chi connectivity index (χ1n) is 4.35. The van der Waals surface area contributed by atoms with Gasteiger partial charge >= 0.3 is 0 Å². The summed E-state index contributed by atoms with van der Waals surface area (Å²) in [6.45, 7) is 5.07. The van der Waals surface area contributed by atoms with Gasteiger partial charge in [-0.05, 0) is 6.07 Å². The van der Waals surface area contributed by atoms with Crippen LogP contribution in [0.25, 0.3) is 0 Å². The van der Waals surface area contributed by atoms with Crippen LogP contribution in [0.15, 0.2) is 6.07 Å². The van der Waals surface area contributed by atoms with E-state index < -0.39 is 0 Å². The Labute approximate surface area is 98.3 Å². The van der Waals surface area contributed by atoms with Crippen molar-refractivity contribution in [3.05, 3.63) is 26.7 Å². The van der Waals surface area contributed by atoms with E-state index in [1.807, 2.05) is 0 Å². The number of fused-ring (bicyclic) bond motifs is 1. The zero-order valence-electron chi connectivity index (χ0n) is 7.92. The normalized spacial score (nSPS) is 17.8.